The third-order valence-electron chi connectivity index (χ3n) is 2.88. The summed E-state index contributed by atoms with van der Waals surface area (Å²) in [6, 6.07) is 2.47. The van der Waals surface area contributed by atoms with Crippen LogP contribution in [-0.4, -0.2) is 16.4 Å². The van der Waals surface area contributed by atoms with Gasteiger partial charge in [-0.15, -0.1) is 0 Å². The molecule has 0 bridgehead atoms. The minimum absolute atomic E-state index is 0.00281. The summed E-state index contributed by atoms with van der Waals surface area (Å²) in [5.41, 5.74) is -0.419. The van der Waals surface area contributed by atoms with E-state index in [-0.39, 0.29) is 32.7 Å². The van der Waals surface area contributed by atoms with E-state index in [9.17, 15) is 14.9 Å². The number of carbonyl (C=O) groups is 1. The largest absolute Gasteiger partial charge is 0.347 e. The fourth-order valence-electron chi connectivity index (χ4n) is 1.50. The van der Waals surface area contributed by atoms with Gasteiger partial charge in [-0.05, 0) is 25.8 Å². The van der Waals surface area contributed by atoms with Crippen LogP contribution in [-0.2, 0) is 0 Å². The molecule has 2 rings (SSSR count). The molecular weight excluding hydrogens is 279 g/mol. The zero-order chi connectivity index (χ0) is 13.5. The highest BCUT2D eigenvalue weighted by Crippen LogP contribution is 2.36. The van der Waals surface area contributed by atoms with E-state index in [1.165, 1.54) is 6.07 Å². The summed E-state index contributed by atoms with van der Waals surface area (Å²) in [5, 5.41) is 13.4. The number of benzene rings is 1. The van der Waals surface area contributed by atoms with Crippen molar-refractivity contribution in [3.8, 4) is 0 Å². The zero-order valence-corrected chi connectivity index (χ0v) is 11.0. The molecule has 7 heteroatoms. The van der Waals surface area contributed by atoms with Crippen LogP contribution in [0.15, 0.2) is 12.1 Å². The molecule has 0 heterocycles. The van der Waals surface area contributed by atoms with Gasteiger partial charge in [0.05, 0.1) is 9.95 Å². The van der Waals surface area contributed by atoms with Crippen LogP contribution in [0, 0.1) is 10.1 Å². The molecule has 1 aromatic carbocycles. The maximum Gasteiger partial charge on any atom is 0.290 e. The summed E-state index contributed by atoms with van der Waals surface area (Å²) in [7, 11) is 0. The van der Waals surface area contributed by atoms with Crippen LogP contribution >= 0.6 is 23.2 Å². The zero-order valence-electron chi connectivity index (χ0n) is 9.50. The molecule has 5 nitrogen and oxygen atoms in total. The lowest BCUT2D eigenvalue weighted by molar-refractivity contribution is -0.384. The molecule has 0 radical (unpaired) electrons. The van der Waals surface area contributed by atoms with Gasteiger partial charge in [-0.1, -0.05) is 23.2 Å². The summed E-state index contributed by atoms with van der Waals surface area (Å²) in [4.78, 5) is 22.0. The van der Waals surface area contributed by atoms with Crippen LogP contribution in [0.4, 0.5) is 5.69 Å². The molecule has 0 atom stereocenters. The number of carbonyl (C=O) groups excluding carboxylic acids is 1. The van der Waals surface area contributed by atoms with Gasteiger partial charge in [-0.3, -0.25) is 14.9 Å². The van der Waals surface area contributed by atoms with Gasteiger partial charge in [0.2, 0.25) is 0 Å². The van der Waals surface area contributed by atoms with Crippen molar-refractivity contribution in [1.82, 2.24) is 5.32 Å². The van der Waals surface area contributed by atoms with E-state index < -0.39 is 4.92 Å². The van der Waals surface area contributed by atoms with Crippen LogP contribution in [0.2, 0.25) is 10.0 Å². The molecule has 1 fully saturated rings. The normalized spacial score (nSPS) is 16.2. The third kappa shape index (κ3) is 2.57. The molecule has 1 aliphatic carbocycles. The molecule has 1 aliphatic rings. The molecule has 0 unspecified atom stereocenters. The van der Waals surface area contributed by atoms with E-state index in [1.54, 1.807) is 0 Å². The van der Waals surface area contributed by atoms with Crippen LogP contribution in [0.3, 0.4) is 0 Å². The van der Waals surface area contributed by atoms with Crippen LogP contribution in [0.5, 0.6) is 0 Å². The maximum atomic E-state index is 11.9. The highest BCUT2D eigenvalue weighted by atomic mass is 35.5. The van der Waals surface area contributed by atoms with E-state index in [2.05, 4.69) is 5.32 Å². The molecule has 0 aliphatic heterocycles. The molecule has 1 saturated carbocycles. The minimum Gasteiger partial charge on any atom is -0.347 e. The van der Waals surface area contributed by atoms with E-state index in [1.807, 2.05) is 6.92 Å². The third-order valence-corrected chi connectivity index (χ3v) is 3.68. The van der Waals surface area contributed by atoms with Gasteiger partial charge in [0.1, 0.15) is 5.02 Å². The van der Waals surface area contributed by atoms with Gasteiger partial charge >= 0.3 is 0 Å². The number of nitrogens with one attached hydrogen (secondary N) is 1. The molecule has 18 heavy (non-hydrogen) atoms. The lowest BCUT2D eigenvalue weighted by Crippen LogP contribution is -2.34. The Morgan fingerprint density at radius 3 is 2.56 bits per heavy atom. The highest BCUT2D eigenvalue weighted by Gasteiger charge is 2.39. The van der Waals surface area contributed by atoms with E-state index in [4.69, 9.17) is 23.2 Å². The van der Waals surface area contributed by atoms with Crippen LogP contribution in [0.25, 0.3) is 0 Å². The number of hydrogen-bond donors (Lipinski definition) is 1. The second-order valence-corrected chi connectivity index (χ2v) is 5.35. The number of nitro groups is 1. The number of rotatable bonds is 3. The fraction of sp³-hybridized carbons (Fsp3) is 0.364. The van der Waals surface area contributed by atoms with Gasteiger partial charge in [-0.2, -0.15) is 0 Å². The first kappa shape index (κ1) is 13.1. The van der Waals surface area contributed by atoms with Crippen molar-refractivity contribution in [1.29, 1.82) is 0 Å². The Labute approximate surface area is 113 Å². The van der Waals surface area contributed by atoms with Crippen molar-refractivity contribution < 1.29 is 9.72 Å². The second kappa shape index (κ2) is 4.40. The first-order valence-electron chi connectivity index (χ1n) is 5.28. The van der Waals surface area contributed by atoms with Gasteiger partial charge in [-0.25, -0.2) is 0 Å². The highest BCUT2D eigenvalue weighted by molar-refractivity contribution is 6.43. The van der Waals surface area contributed by atoms with E-state index >= 15 is 0 Å². The number of amides is 1. The summed E-state index contributed by atoms with van der Waals surface area (Å²) >= 11 is 11.5. The maximum absolute atomic E-state index is 11.9. The Morgan fingerprint density at radius 2 is 2.06 bits per heavy atom. The van der Waals surface area contributed by atoms with Crippen LogP contribution < -0.4 is 5.32 Å². The molecule has 0 aromatic heterocycles. The summed E-state index contributed by atoms with van der Waals surface area (Å²) in [6.07, 6.45) is 1.81. The van der Waals surface area contributed by atoms with Crippen molar-refractivity contribution >= 4 is 34.8 Å². The van der Waals surface area contributed by atoms with E-state index in [0.29, 0.717) is 0 Å². The fourth-order valence-corrected chi connectivity index (χ4v) is 1.89. The summed E-state index contributed by atoms with van der Waals surface area (Å²) in [6.45, 7) is 1.91. The van der Waals surface area contributed by atoms with Gasteiger partial charge in [0.25, 0.3) is 11.6 Å². The standard InChI is InChI=1S/C11H10Cl2N2O3/c1-11(2-3-11)14-10(16)6-4-7(12)9(13)8(5-6)15(17)18/h4-5H,2-3H2,1H3,(H,14,16). The topological polar surface area (TPSA) is 72.2 Å². The first-order valence-corrected chi connectivity index (χ1v) is 6.04. The van der Waals surface area contributed by atoms with Gasteiger partial charge < -0.3 is 5.32 Å². The number of hydrogen-bond acceptors (Lipinski definition) is 3. The molecule has 96 valence electrons. The summed E-state index contributed by atoms with van der Waals surface area (Å²) in [5.74, 6) is -0.378. The first-order chi connectivity index (χ1) is 8.32. The Hall–Kier alpha value is -1.33. The lowest BCUT2D eigenvalue weighted by atomic mass is 10.1. The number of halogens is 2. The Balaban J connectivity index is 2.33. The number of nitro benzene ring substituents is 1. The Bertz CT molecular complexity index is 541. The molecule has 1 aromatic rings. The molecule has 0 saturated heterocycles. The van der Waals surface area contributed by atoms with Gasteiger partial charge in [0.15, 0.2) is 0 Å². The predicted molar refractivity (Wildman–Crippen MR) is 68.2 cm³/mol. The average molecular weight is 289 g/mol. The Morgan fingerprint density at radius 1 is 1.44 bits per heavy atom. The van der Waals surface area contributed by atoms with Gasteiger partial charge in [0, 0.05) is 17.2 Å². The predicted octanol–water partition coefficient (Wildman–Crippen LogP) is 3.18. The average Bonchev–Trinajstić information content (AvgIpc) is 2.99. The van der Waals surface area contributed by atoms with E-state index in [0.717, 1.165) is 18.9 Å². The minimum atomic E-state index is -0.663. The molecular formula is C11H10Cl2N2O3. The molecule has 0 spiro atoms. The van der Waals surface area contributed by atoms with Crippen molar-refractivity contribution in [3.63, 3.8) is 0 Å². The molecule has 1 amide bonds. The lowest BCUT2D eigenvalue weighted by Gasteiger charge is -2.11. The second-order valence-electron chi connectivity index (χ2n) is 4.56. The van der Waals surface area contributed by atoms with Crippen molar-refractivity contribution in [2.24, 2.45) is 0 Å². The SMILES string of the molecule is CC1(NC(=O)c2cc(Cl)c(Cl)c([N+](=O)[O-])c2)CC1. The van der Waals surface area contributed by atoms with Crippen molar-refractivity contribution in [2.75, 3.05) is 0 Å². The monoisotopic (exact) mass is 288 g/mol. The smallest absolute Gasteiger partial charge is 0.290 e. The summed E-state index contributed by atoms with van der Waals surface area (Å²) < 4.78 is 0. The quantitative estimate of drug-likeness (QED) is 0.686. The Kier molecular flexibility index (Phi) is 3.21. The van der Waals surface area contributed by atoms with Crippen molar-refractivity contribution in [2.45, 2.75) is 25.3 Å². The van der Waals surface area contributed by atoms with Crippen LogP contribution in [0.1, 0.15) is 30.1 Å². The van der Waals surface area contributed by atoms with Crippen molar-refractivity contribution in [3.05, 3.63) is 37.9 Å². The molecule has 1 N–H and O–H groups in total. The number of nitrogens with zero attached hydrogens (tertiary/aromatic N) is 1.